The van der Waals surface area contributed by atoms with Gasteiger partial charge in [0.2, 0.25) is 0 Å². The van der Waals surface area contributed by atoms with Crippen molar-refractivity contribution in [2.75, 3.05) is 13.2 Å². The SMILES string of the molecule is CCC1CCCC(NC(=O)NC2COCC2(C)C(=O)O)C1. The summed E-state index contributed by atoms with van der Waals surface area (Å²) in [5.74, 6) is -0.253. The van der Waals surface area contributed by atoms with E-state index in [1.54, 1.807) is 6.92 Å². The third-order valence-corrected chi connectivity index (χ3v) is 4.94. The van der Waals surface area contributed by atoms with Crippen molar-refractivity contribution in [1.29, 1.82) is 0 Å². The fourth-order valence-corrected chi connectivity index (χ4v) is 3.26. The van der Waals surface area contributed by atoms with Gasteiger partial charge in [-0.15, -0.1) is 0 Å². The summed E-state index contributed by atoms with van der Waals surface area (Å²) in [6, 6.07) is -0.567. The number of ether oxygens (including phenoxy) is 1. The molecule has 4 unspecified atom stereocenters. The van der Waals surface area contributed by atoms with E-state index in [-0.39, 0.29) is 25.3 Å². The maximum absolute atomic E-state index is 12.1. The Bertz CT molecular complexity index is 401. The normalized spacial score (nSPS) is 36.2. The average Bonchev–Trinajstić information content (AvgIpc) is 2.81. The summed E-state index contributed by atoms with van der Waals surface area (Å²) in [5.41, 5.74) is -1.05. The Morgan fingerprint density at radius 1 is 1.33 bits per heavy atom. The van der Waals surface area contributed by atoms with Gasteiger partial charge in [-0.1, -0.05) is 26.2 Å². The highest BCUT2D eigenvalue weighted by Gasteiger charge is 2.47. The Labute approximate surface area is 125 Å². The molecule has 0 spiro atoms. The van der Waals surface area contributed by atoms with Gasteiger partial charge in [-0.05, 0) is 25.7 Å². The number of carbonyl (C=O) groups excluding carboxylic acids is 1. The first-order valence-corrected chi connectivity index (χ1v) is 7.84. The molecule has 4 atom stereocenters. The van der Waals surface area contributed by atoms with Crippen LogP contribution in [0.15, 0.2) is 0 Å². The predicted molar refractivity (Wildman–Crippen MR) is 78.1 cm³/mol. The molecule has 0 aromatic heterocycles. The van der Waals surface area contributed by atoms with Crippen LogP contribution in [0.3, 0.4) is 0 Å². The number of carboxylic acids is 1. The van der Waals surface area contributed by atoms with Gasteiger partial charge in [-0.2, -0.15) is 0 Å². The van der Waals surface area contributed by atoms with E-state index in [9.17, 15) is 14.7 Å². The van der Waals surface area contributed by atoms with Gasteiger partial charge >= 0.3 is 12.0 Å². The van der Waals surface area contributed by atoms with Crippen LogP contribution in [0.1, 0.15) is 46.0 Å². The van der Waals surface area contributed by atoms with Gasteiger partial charge in [0, 0.05) is 6.04 Å². The summed E-state index contributed by atoms with van der Waals surface area (Å²) in [7, 11) is 0. The summed E-state index contributed by atoms with van der Waals surface area (Å²) in [6.07, 6.45) is 5.54. The van der Waals surface area contributed by atoms with Gasteiger partial charge in [0.15, 0.2) is 0 Å². The molecule has 1 saturated heterocycles. The molecule has 1 aliphatic carbocycles. The van der Waals surface area contributed by atoms with Crippen molar-refractivity contribution >= 4 is 12.0 Å². The summed E-state index contributed by atoms with van der Waals surface area (Å²) in [6.45, 7) is 4.18. The van der Waals surface area contributed by atoms with Gasteiger partial charge in [0.25, 0.3) is 0 Å². The van der Waals surface area contributed by atoms with Gasteiger partial charge in [-0.25, -0.2) is 4.79 Å². The van der Waals surface area contributed by atoms with E-state index in [0.717, 1.165) is 25.7 Å². The molecule has 2 rings (SSSR count). The number of nitrogens with one attached hydrogen (secondary N) is 2. The van der Waals surface area contributed by atoms with E-state index in [4.69, 9.17) is 4.74 Å². The second-order valence-electron chi connectivity index (χ2n) is 6.55. The van der Waals surface area contributed by atoms with E-state index in [1.807, 2.05) is 0 Å². The lowest BCUT2D eigenvalue weighted by molar-refractivity contribution is -0.148. The fraction of sp³-hybridized carbons (Fsp3) is 0.867. The third-order valence-electron chi connectivity index (χ3n) is 4.94. The standard InChI is InChI=1S/C15H26N2O4/c1-3-10-5-4-6-11(7-10)16-14(20)17-12-8-21-9-15(12,2)13(18)19/h10-12H,3-9H2,1-2H3,(H,18,19)(H2,16,17,20). The van der Waals surface area contributed by atoms with Crippen molar-refractivity contribution in [2.24, 2.45) is 11.3 Å². The van der Waals surface area contributed by atoms with Gasteiger partial charge in [-0.3, -0.25) is 4.79 Å². The zero-order valence-corrected chi connectivity index (χ0v) is 12.9. The molecule has 1 heterocycles. The zero-order valence-electron chi connectivity index (χ0n) is 12.9. The quantitative estimate of drug-likeness (QED) is 0.738. The first kappa shape index (κ1) is 16.1. The average molecular weight is 298 g/mol. The number of urea groups is 1. The third kappa shape index (κ3) is 3.67. The fourth-order valence-electron chi connectivity index (χ4n) is 3.26. The van der Waals surface area contributed by atoms with Crippen molar-refractivity contribution in [2.45, 2.75) is 58.0 Å². The molecule has 0 bridgehead atoms. The first-order valence-electron chi connectivity index (χ1n) is 7.84. The Balaban J connectivity index is 1.85. The molecule has 0 aromatic rings. The largest absolute Gasteiger partial charge is 0.481 e. The number of aliphatic carboxylic acids is 1. The Morgan fingerprint density at radius 3 is 2.76 bits per heavy atom. The molecule has 6 heteroatoms. The van der Waals surface area contributed by atoms with Crippen LogP contribution >= 0.6 is 0 Å². The van der Waals surface area contributed by atoms with Crippen molar-refractivity contribution in [1.82, 2.24) is 10.6 Å². The maximum atomic E-state index is 12.1. The molecule has 21 heavy (non-hydrogen) atoms. The molecular weight excluding hydrogens is 272 g/mol. The van der Waals surface area contributed by atoms with Crippen LogP contribution in [0.4, 0.5) is 4.79 Å². The van der Waals surface area contributed by atoms with Crippen LogP contribution in [-0.2, 0) is 9.53 Å². The Kier molecular flexibility index (Phi) is 5.08. The van der Waals surface area contributed by atoms with Crippen LogP contribution in [0, 0.1) is 11.3 Å². The number of amides is 2. The summed E-state index contributed by atoms with van der Waals surface area (Å²) >= 11 is 0. The number of carboxylic acid groups (broad SMARTS) is 1. The smallest absolute Gasteiger partial charge is 0.315 e. The number of rotatable bonds is 4. The van der Waals surface area contributed by atoms with E-state index in [2.05, 4.69) is 17.6 Å². The number of carbonyl (C=O) groups is 2. The molecule has 3 N–H and O–H groups in total. The van der Waals surface area contributed by atoms with Crippen molar-refractivity contribution in [3.63, 3.8) is 0 Å². The lowest BCUT2D eigenvalue weighted by atomic mass is 9.84. The van der Waals surface area contributed by atoms with Crippen molar-refractivity contribution < 1.29 is 19.4 Å². The number of hydrogen-bond acceptors (Lipinski definition) is 3. The predicted octanol–water partition coefficient (Wildman–Crippen LogP) is 1.74. The van der Waals surface area contributed by atoms with E-state index >= 15 is 0 Å². The minimum Gasteiger partial charge on any atom is -0.481 e. The summed E-state index contributed by atoms with van der Waals surface area (Å²) < 4.78 is 5.24. The molecule has 2 amide bonds. The van der Waals surface area contributed by atoms with Crippen molar-refractivity contribution in [3.8, 4) is 0 Å². The monoisotopic (exact) mass is 298 g/mol. The molecule has 1 aliphatic heterocycles. The Hall–Kier alpha value is -1.30. The molecule has 120 valence electrons. The van der Waals surface area contributed by atoms with Crippen LogP contribution < -0.4 is 10.6 Å². The van der Waals surface area contributed by atoms with E-state index in [1.165, 1.54) is 6.42 Å². The van der Waals surface area contributed by atoms with Gasteiger partial charge in [0.1, 0.15) is 5.41 Å². The summed E-state index contributed by atoms with van der Waals surface area (Å²) in [4.78, 5) is 23.4. The first-order chi connectivity index (χ1) is 9.95. The minimum absolute atomic E-state index is 0.134. The summed E-state index contributed by atoms with van der Waals surface area (Å²) in [5, 5.41) is 15.1. The van der Waals surface area contributed by atoms with Crippen LogP contribution in [-0.4, -0.2) is 42.4 Å². The second kappa shape index (κ2) is 6.64. The second-order valence-corrected chi connectivity index (χ2v) is 6.55. The molecule has 0 radical (unpaired) electrons. The highest BCUT2D eigenvalue weighted by Crippen LogP contribution is 2.29. The highest BCUT2D eigenvalue weighted by atomic mass is 16.5. The van der Waals surface area contributed by atoms with Crippen LogP contribution in [0.5, 0.6) is 0 Å². The zero-order chi connectivity index (χ0) is 15.5. The van der Waals surface area contributed by atoms with Crippen LogP contribution in [0.2, 0.25) is 0 Å². The molecular formula is C15H26N2O4. The van der Waals surface area contributed by atoms with Crippen molar-refractivity contribution in [3.05, 3.63) is 0 Å². The molecule has 1 saturated carbocycles. The van der Waals surface area contributed by atoms with Crippen LogP contribution in [0.25, 0.3) is 0 Å². The highest BCUT2D eigenvalue weighted by molar-refractivity contribution is 5.79. The van der Waals surface area contributed by atoms with Gasteiger partial charge < -0.3 is 20.5 Å². The molecule has 2 fully saturated rings. The van der Waals surface area contributed by atoms with E-state index in [0.29, 0.717) is 5.92 Å². The van der Waals surface area contributed by atoms with E-state index < -0.39 is 17.4 Å². The molecule has 2 aliphatic rings. The Morgan fingerprint density at radius 2 is 2.10 bits per heavy atom. The van der Waals surface area contributed by atoms with Gasteiger partial charge in [0.05, 0.1) is 19.3 Å². The lowest BCUT2D eigenvalue weighted by Gasteiger charge is -2.31. The lowest BCUT2D eigenvalue weighted by Crippen LogP contribution is -2.54. The number of hydrogen-bond donors (Lipinski definition) is 3. The maximum Gasteiger partial charge on any atom is 0.315 e. The molecule has 6 nitrogen and oxygen atoms in total. The minimum atomic E-state index is -1.05. The molecule has 0 aromatic carbocycles. The topological polar surface area (TPSA) is 87.7 Å².